The Bertz CT molecular complexity index is 1360. The first-order chi connectivity index (χ1) is 18.5. The maximum Gasteiger partial charge on any atom is 0.264 e. The minimum absolute atomic E-state index is 0.0977. The highest BCUT2D eigenvalue weighted by molar-refractivity contribution is 7.92. The predicted octanol–water partition coefficient (Wildman–Crippen LogP) is 5.08. The molecule has 0 saturated carbocycles. The Morgan fingerprint density at radius 3 is 2.08 bits per heavy atom. The molecule has 0 aliphatic heterocycles. The molecule has 3 aromatic rings. The van der Waals surface area contributed by atoms with Gasteiger partial charge in [-0.05, 0) is 55.5 Å². The average molecular weight is 550 g/mol. The van der Waals surface area contributed by atoms with Gasteiger partial charge in [0.1, 0.15) is 12.6 Å². The van der Waals surface area contributed by atoms with Crippen molar-refractivity contribution >= 4 is 27.5 Å². The lowest BCUT2D eigenvalue weighted by atomic mass is 10.1. The molecule has 0 unspecified atom stereocenters. The van der Waals surface area contributed by atoms with E-state index in [1.54, 1.807) is 36.4 Å². The van der Waals surface area contributed by atoms with Crippen molar-refractivity contribution in [3.63, 3.8) is 0 Å². The molecule has 0 fully saturated rings. The second kappa shape index (κ2) is 13.4. The van der Waals surface area contributed by atoms with Crippen LogP contribution in [0.3, 0.4) is 0 Å². The van der Waals surface area contributed by atoms with Gasteiger partial charge < -0.3 is 10.2 Å². The fourth-order valence-corrected chi connectivity index (χ4v) is 5.79. The van der Waals surface area contributed by atoms with Crippen LogP contribution in [0.2, 0.25) is 0 Å². The van der Waals surface area contributed by atoms with Crippen molar-refractivity contribution < 1.29 is 18.0 Å². The highest BCUT2D eigenvalue weighted by Gasteiger charge is 2.34. The normalized spacial score (nSPS) is 12.2. The van der Waals surface area contributed by atoms with E-state index in [-0.39, 0.29) is 23.3 Å². The summed E-state index contributed by atoms with van der Waals surface area (Å²) in [5, 5.41) is 2.95. The largest absolute Gasteiger partial charge is 0.354 e. The standard InChI is InChI=1S/C31H39N3O4S/c1-6-28(31(36)32-20-23(2)3)33(21-26-13-8-7-9-14-26)30(35)22-34(29-15-11-10-12-25(29)5)39(37,38)27-18-16-24(4)17-19-27/h7-19,23,28H,6,20-22H2,1-5H3,(H,32,36)/t28-/m0/s1. The fourth-order valence-electron chi connectivity index (χ4n) is 4.32. The Morgan fingerprint density at radius 2 is 1.49 bits per heavy atom. The van der Waals surface area contributed by atoms with E-state index in [0.29, 0.717) is 18.7 Å². The van der Waals surface area contributed by atoms with Gasteiger partial charge in [-0.15, -0.1) is 0 Å². The third-order valence-corrected chi connectivity index (χ3v) is 8.31. The van der Waals surface area contributed by atoms with E-state index in [4.69, 9.17) is 0 Å². The smallest absolute Gasteiger partial charge is 0.264 e. The molecule has 39 heavy (non-hydrogen) atoms. The molecule has 2 amide bonds. The quantitative estimate of drug-likeness (QED) is 0.341. The average Bonchev–Trinajstić information content (AvgIpc) is 2.91. The van der Waals surface area contributed by atoms with E-state index in [0.717, 1.165) is 21.0 Å². The van der Waals surface area contributed by atoms with E-state index >= 15 is 0 Å². The van der Waals surface area contributed by atoms with Crippen LogP contribution < -0.4 is 9.62 Å². The molecule has 7 nitrogen and oxygen atoms in total. The Morgan fingerprint density at radius 1 is 0.872 bits per heavy atom. The molecule has 0 aliphatic carbocycles. The first-order valence-electron chi connectivity index (χ1n) is 13.3. The van der Waals surface area contributed by atoms with Crippen LogP contribution in [0.5, 0.6) is 0 Å². The third kappa shape index (κ3) is 7.69. The van der Waals surface area contributed by atoms with Gasteiger partial charge >= 0.3 is 0 Å². The molecular weight excluding hydrogens is 510 g/mol. The molecule has 1 N–H and O–H groups in total. The van der Waals surface area contributed by atoms with Crippen molar-refractivity contribution in [1.82, 2.24) is 10.2 Å². The molecule has 0 bridgehead atoms. The summed E-state index contributed by atoms with van der Waals surface area (Å²) in [7, 11) is -4.08. The SMILES string of the molecule is CC[C@@H](C(=O)NCC(C)C)N(Cc1ccccc1)C(=O)CN(c1ccccc1C)S(=O)(=O)c1ccc(C)cc1. The van der Waals surface area contributed by atoms with Gasteiger partial charge in [-0.2, -0.15) is 0 Å². The number of benzene rings is 3. The summed E-state index contributed by atoms with van der Waals surface area (Å²) in [6, 6.07) is 22.3. The van der Waals surface area contributed by atoms with Crippen molar-refractivity contribution in [2.24, 2.45) is 5.92 Å². The van der Waals surface area contributed by atoms with Crippen LogP contribution in [0.15, 0.2) is 83.8 Å². The van der Waals surface area contributed by atoms with Crippen LogP contribution in [-0.4, -0.2) is 44.3 Å². The van der Waals surface area contributed by atoms with Crippen LogP contribution in [0, 0.1) is 19.8 Å². The van der Waals surface area contributed by atoms with Gasteiger partial charge in [-0.25, -0.2) is 8.42 Å². The molecular formula is C31H39N3O4S. The van der Waals surface area contributed by atoms with Gasteiger partial charge in [0.2, 0.25) is 11.8 Å². The number of carbonyl (C=O) groups is 2. The number of rotatable bonds is 12. The number of sulfonamides is 1. The van der Waals surface area contributed by atoms with Gasteiger partial charge in [-0.1, -0.05) is 87.0 Å². The maximum atomic E-state index is 14.1. The van der Waals surface area contributed by atoms with Crippen LogP contribution >= 0.6 is 0 Å². The fraction of sp³-hybridized carbons (Fsp3) is 0.355. The van der Waals surface area contributed by atoms with Crippen LogP contribution in [0.4, 0.5) is 5.69 Å². The highest BCUT2D eigenvalue weighted by atomic mass is 32.2. The summed E-state index contributed by atoms with van der Waals surface area (Å²) < 4.78 is 29.0. The number of aryl methyl sites for hydroxylation is 2. The van der Waals surface area contributed by atoms with Crippen molar-refractivity contribution in [3.8, 4) is 0 Å². The van der Waals surface area contributed by atoms with Crippen molar-refractivity contribution in [2.45, 2.75) is 58.5 Å². The van der Waals surface area contributed by atoms with Crippen molar-refractivity contribution in [1.29, 1.82) is 0 Å². The van der Waals surface area contributed by atoms with E-state index in [1.807, 2.05) is 77.1 Å². The number of nitrogens with one attached hydrogen (secondary N) is 1. The number of nitrogens with zero attached hydrogens (tertiary/aromatic N) is 2. The molecule has 3 rings (SSSR count). The van der Waals surface area contributed by atoms with E-state index in [2.05, 4.69) is 5.32 Å². The van der Waals surface area contributed by atoms with Crippen LogP contribution in [0.25, 0.3) is 0 Å². The predicted molar refractivity (Wildman–Crippen MR) is 156 cm³/mol. The molecule has 8 heteroatoms. The molecule has 0 radical (unpaired) electrons. The Balaban J connectivity index is 2.04. The van der Waals surface area contributed by atoms with E-state index in [1.165, 1.54) is 4.90 Å². The minimum Gasteiger partial charge on any atom is -0.354 e. The molecule has 208 valence electrons. The number of para-hydroxylation sites is 1. The number of hydrogen-bond donors (Lipinski definition) is 1. The monoisotopic (exact) mass is 549 g/mol. The third-order valence-electron chi connectivity index (χ3n) is 6.54. The number of carbonyl (C=O) groups excluding carboxylic acids is 2. The molecule has 0 aromatic heterocycles. The number of hydrogen-bond acceptors (Lipinski definition) is 4. The molecule has 0 spiro atoms. The molecule has 0 saturated heterocycles. The topological polar surface area (TPSA) is 86.8 Å². The van der Waals surface area contributed by atoms with Gasteiger partial charge in [-0.3, -0.25) is 13.9 Å². The molecule has 0 aliphatic rings. The lowest BCUT2D eigenvalue weighted by molar-refractivity contribution is -0.140. The van der Waals surface area contributed by atoms with Crippen LogP contribution in [-0.2, 0) is 26.2 Å². The summed E-state index contributed by atoms with van der Waals surface area (Å²) in [5.41, 5.74) is 2.92. The molecule has 3 aromatic carbocycles. The lowest BCUT2D eigenvalue weighted by Crippen LogP contribution is -2.52. The summed E-state index contributed by atoms with van der Waals surface area (Å²) in [5.74, 6) is -0.454. The summed E-state index contributed by atoms with van der Waals surface area (Å²) in [6.45, 7) is 9.78. The summed E-state index contributed by atoms with van der Waals surface area (Å²) >= 11 is 0. The lowest BCUT2D eigenvalue weighted by Gasteiger charge is -2.33. The van der Waals surface area contributed by atoms with Crippen molar-refractivity contribution in [3.05, 3.63) is 95.6 Å². The first kappa shape index (κ1) is 29.9. The first-order valence-corrected chi connectivity index (χ1v) is 14.7. The second-order valence-corrected chi connectivity index (χ2v) is 12.0. The van der Waals surface area contributed by atoms with E-state index in [9.17, 15) is 18.0 Å². The molecule has 0 heterocycles. The summed E-state index contributed by atoms with van der Waals surface area (Å²) in [6.07, 6.45) is 0.386. The zero-order valence-corrected chi connectivity index (χ0v) is 24.2. The van der Waals surface area contributed by atoms with Crippen LogP contribution in [0.1, 0.15) is 43.9 Å². The van der Waals surface area contributed by atoms with Crippen molar-refractivity contribution in [2.75, 3.05) is 17.4 Å². The number of amides is 2. The van der Waals surface area contributed by atoms with Gasteiger partial charge in [0.15, 0.2) is 0 Å². The zero-order valence-electron chi connectivity index (χ0n) is 23.4. The summed E-state index contributed by atoms with van der Waals surface area (Å²) in [4.78, 5) is 28.9. The minimum atomic E-state index is -4.08. The maximum absolute atomic E-state index is 14.1. The zero-order chi connectivity index (χ0) is 28.6. The highest BCUT2D eigenvalue weighted by Crippen LogP contribution is 2.27. The van der Waals surface area contributed by atoms with Gasteiger partial charge in [0, 0.05) is 13.1 Å². The Kier molecular flexibility index (Phi) is 10.3. The Hall–Kier alpha value is -3.65. The second-order valence-electron chi connectivity index (χ2n) is 10.2. The molecule has 1 atom stereocenters. The van der Waals surface area contributed by atoms with E-state index < -0.39 is 28.5 Å². The number of anilines is 1. The van der Waals surface area contributed by atoms with Gasteiger partial charge in [0.25, 0.3) is 10.0 Å². The van der Waals surface area contributed by atoms with Gasteiger partial charge in [0.05, 0.1) is 10.6 Å². The Labute approximate surface area is 232 Å².